The Kier molecular flexibility index (Phi) is 4.27. The molecular weight excluding hydrogens is 248 g/mol. The summed E-state index contributed by atoms with van der Waals surface area (Å²) in [5, 5.41) is 7.39. The second-order valence-corrected chi connectivity index (χ2v) is 4.39. The number of nitrogens with zero attached hydrogens (tertiary/aromatic N) is 2. The topological polar surface area (TPSA) is 29.9 Å². The van der Waals surface area contributed by atoms with Gasteiger partial charge in [-0.25, -0.2) is 8.78 Å². The minimum atomic E-state index is -0.539. The molecule has 3 nitrogen and oxygen atoms in total. The van der Waals surface area contributed by atoms with Gasteiger partial charge < -0.3 is 5.32 Å². The first-order valence-electron chi connectivity index (χ1n) is 6.28. The van der Waals surface area contributed by atoms with Crippen LogP contribution in [0.3, 0.4) is 0 Å². The zero-order valence-electron chi connectivity index (χ0n) is 11.1. The maximum atomic E-state index is 13.6. The maximum Gasteiger partial charge on any atom is 0.131 e. The third-order valence-corrected chi connectivity index (χ3v) is 3.14. The monoisotopic (exact) mass is 265 g/mol. The van der Waals surface area contributed by atoms with Gasteiger partial charge in [-0.05, 0) is 25.6 Å². The van der Waals surface area contributed by atoms with Crippen LogP contribution in [-0.2, 0) is 13.1 Å². The van der Waals surface area contributed by atoms with Crippen LogP contribution in [0.4, 0.5) is 8.78 Å². The van der Waals surface area contributed by atoms with Crippen LogP contribution >= 0.6 is 0 Å². The third kappa shape index (κ3) is 2.98. The van der Waals surface area contributed by atoms with Gasteiger partial charge in [0.15, 0.2) is 0 Å². The van der Waals surface area contributed by atoms with E-state index >= 15 is 0 Å². The molecule has 0 saturated carbocycles. The van der Waals surface area contributed by atoms with E-state index in [1.165, 1.54) is 18.2 Å². The molecule has 102 valence electrons. The average Bonchev–Trinajstić information content (AvgIpc) is 2.73. The van der Waals surface area contributed by atoms with Crippen LogP contribution < -0.4 is 5.32 Å². The van der Waals surface area contributed by atoms with Gasteiger partial charge in [-0.1, -0.05) is 13.0 Å². The second kappa shape index (κ2) is 5.93. The van der Waals surface area contributed by atoms with Gasteiger partial charge in [-0.3, -0.25) is 4.68 Å². The van der Waals surface area contributed by atoms with Crippen molar-refractivity contribution in [1.82, 2.24) is 15.1 Å². The van der Waals surface area contributed by atoms with Crippen molar-refractivity contribution >= 4 is 0 Å². The standard InChI is InChI=1S/C14H17F2N3/c1-3-17-7-11-8-18-19(10(11)2)9-12-13(15)5-4-6-14(12)16/h4-6,8,17H,3,7,9H2,1-2H3. The molecule has 1 heterocycles. The van der Waals surface area contributed by atoms with Crippen molar-refractivity contribution in [3.8, 4) is 0 Å². The van der Waals surface area contributed by atoms with Gasteiger partial charge in [-0.15, -0.1) is 0 Å². The minimum Gasteiger partial charge on any atom is -0.313 e. The fourth-order valence-electron chi connectivity index (χ4n) is 1.91. The zero-order chi connectivity index (χ0) is 13.8. The number of nitrogens with one attached hydrogen (secondary N) is 1. The molecule has 0 aliphatic heterocycles. The minimum absolute atomic E-state index is 0.0451. The second-order valence-electron chi connectivity index (χ2n) is 4.39. The summed E-state index contributed by atoms with van der Waals surface area (Å²) >= 11 is 0. The highest BCUT2D eigenvalue weighted by Crippen LogP contribution is 2.15. The molecule has 19 heavy (non-hydrogen) atoms. The number of benzene rings is 1. The summed E-state index contributed by atoms with van der Waals surface area (Å²) in [5.41, 5.74) is 2.01. The molecule has 2 rings (SSSR count). The zero-order valence-corrected chi connectivity index (χ0v) is 11.1. The van der Waals surface area contributed by atoms with Crippen LogP contribution in [0.25, 0.3) is 0 Å². The van der Waals surface area contributed by atoms with E-state index in [2.05, 4.69) is 10.4 Å². The maximum absolute atomic E-state index is 13.6. The molecule has 0 fully saturated rings. The molecule has 0 aliphatic carbocycles. The molecule has 2 aromatic rings. The van der Waals surface area contributed by atoms with E-state index in [-0.39, 0.29) is 12.1 Å². The normalized spacial score (nSPS) is 10.9. The molecule has 0 aliphatic rings. The van der Waals surface area contributed by atoms with E-state index in [1.807, 2.05) is 13.8 Å². The number of hydrogen-bond donors (Lipinski definition) is 1. The SMILES string of the molecule is CCNCc1cnn(Cc2c(F)cccc2F)c1C. The average molecular weight is 265 g/mol. The Morgan fingerprint density at radius 3 is 2.58 bits per heavy atom. The Balaban J connectivity index is 2.22. The highest BCUT2D eigenvalue weighted by molar-refractivity contribution is 5.22. The lowest BCUT2D eigenvalue weighted by Gasteiger charge is -2.08. The summed E-state index contributed by atoms with van der Waals surface area (Å²) in [6.07, 6.45) is 1.73. The predicted octanol–water partition coefficient (Wildman–Crippen LogP) is 2.63. The summed E-state index contributed by atoms with van der Waals surface area (Å²) in [5.74, 6) is -1.08. The number of rotatable bonds is 5. The Morgan fingerprint density at radius 1 is 1.26 bits per heavy atom. The Hall–Kier alpha value is -1.75. The molecule has 1 aromatic carbocycles. The quantitative estimate of drug-likeness (QED) is 0.900. The van der Waals surface area contributed by atoms with Crippen molar-refractivity contribution in [3.05, 3.63) is 52.9 Å². The van der Waals surface area contributed by atoms with E-state index in [0.29, 0.717) is 6.54 Å². The predicted molar refractivity (Wildman–Crippen MR) is 69.8 cm³/mol. The number of aromatic nitrogens is 2. The van der Waals surface area contributed by atoms with E-state index in [4.69, 9.17) is 0 Å². The molecule has 0 radical (unpaired) electrons. The van der Waals surface area contributed by atoms with Crippen LogP contribution in [0, 0.1) is 18.6 Å². The first kappa shape index (κ1) is 13.7. The van der Waals surface area contributed by atoms with Gasteiger partial charge in [-0.2, -0.15) is 5.10 Å². The van der Waals surface area contributed by atoms with Crippen LogP contribution in [0.2, 0.25) is 0 Å². The number of halogens is 2. The van der Waals surface area contributed by atoms with Gasteiger partial charge in [0.25, 0.3) is 0 Å². The largest absolute Gasteiger partial charge is 0.313 e. The molecule has 1 N–H and O–H groups in total. The van der Waals surface area contributed by atoms with Crippen molar-refractivity contribution in [3.63, 3.8) is 0 Å². The van der Waals surface area contributed by atoms with Crippen LogP contribution in [-0.4, -0.2) is 16.3 Å². The highest BCUT2D eigenvalue weighted by atomic mass is 19.1. The highest BCUT2D eigenvalue weighted by Gasteiger charge is 2.12. The molecule has 0 bridgehead atoms. The Labute approximate surface area is 111 Å². The van der Waals surface area contributed by atoms with Gasteiger partial charge in [0.05, 0.1) is 12.7 Å². The summed E-state index contributed by atoms with van der Waals surface area (Å²) in [6.45, 7) is 5.61. The van der Waals surface area contributed by atoms with E-state index in [0.717, 1.165) is 17.8 Å². The first-order valence-corrected chi connectivity index (χ1v) is 6.28. The van der Waals surface area contributed by atoms with Gasteiger partial charge in [0.2, 0.25) is 0 Å². The van der Waals surface area contributed by atoms with Crippen LogP contribution in [0.5, 0.6) is 0 Å². The first-order chi connectivity index (χ1) is 9.13. The summed E-state index contributed by atoms with van der Waals surface area (Å²) < 4.78 is 28.8. The lowest BCUT2D eigenvalue weighted by molar-refractivity contribution is 0.529. The van der Waals surface area contributed by atoms with Crippen molar-refractivity contribution < 1.29 is 8.78 Å². The van der Waals surface area contributed by atoms with Gasteiger partial charge in [0.1, 0.15) is 11.6 Å². The smallest absolute Gasteiger partial charge is 0.131 e. The Morgan fingerprint density at radius 2 is 1.95 bits per heavy atom. The molecule has 0 amide bonds. The fraction of sp³-hybridized carbons (Fsp3) is 0.357. The molecule has 1 aromatic heterocycles. The number of hydrogen-bond acceptors (Lipinski definition) is 2. The lowest BCUT2D eigenvalue weighted by atomic mass is 10.2. The lowest BCUT2D eigenvalue weighted by Crippen LogP contribution is -2.13. The van der Waals surface area contributed by atoms with Crippen molar-refractivity contribution in [2.24, 2.45) is 0 Å². The third-order valence-electron chi connectivity index (χ3n) is 3.14. The van der Waals surface area contributed by atoms with Crippen molar-refractivity contribution in [1.29, 1.82) is 0 Å². The van der Waals surface area contributed by atoms with Gasteiger partial charge >= 0.3 is 0 Å². The molecular formula is C14H17F2N3. The van der Waals surface area contributed by atoms with Crippen molar-refractivity contribution in [2.45, 2.75) is 26.9 Å². The molecule has 0 spiro atoms. The molecule has 0 unspecified atom stereocenters. The van der Waals surface area contributed by atoms with E-state index in [1.54, 1.807) is 10.9 Å². The van der Waals surface area contributed by atoms with E-state index < -0.39 is 11.6 Å². The van der Waals surface area contributed by atoms with Gasteiger partial charge in [0, 0.05) is 23.4 Å². The van der Waals surface area contributed by atoms with Crippen LogP contribution in [0.1, 0.15) is 23.7 Å². The molecule has 0 atom stereocenters. The Bertz CT molecular complexity index is 544. The summed E-state index contributed by atoms with van der Waals surface area (Å²) in [7, 11) is 0. The molecule has 5 heteroatoms. The van der Waals surface area contributed by atoms with Crippen LogP contribution in [0.15, 0.2) is 24.4 Å². The van der Waals surface area contributed by atoms with E-state index in [9.17, 15) is 8.78 Å². The summed E-state index contributed by atoms with van der Waals surface area (Å²) in [4.78, 5) is 0. The fourth-order valence-corrected chi connectivity index (χ4v) is 1.91. The van der Waals surface area contributed by atoms with Crippen molar-refractivity contribution in [2.75, 3.05) is 6.54 Å². The molecule has 0 saturated heterocycles. The summed E-state index contributed by atoms with van der Waals surface area (Å²) in [6, 6.07) is 3.88.